The van der Waals surface area contributed by atoms with Gasteiger partial charge in [-0.1, -0.05) is 178 Å². The largest absolute Gasteiger partial charge is 0.307 e. The van der Waals surface area contributed by atoms with Crippen molar-refractivity contribution in [1.82, 2.24) is 24.1 Å². The summed E-state index contributed by atoms with van der Waals surface area (Å²) in [5.41, 5.74) is 13.9. The Labute approximate surface area is 383 Å². The van der Waals surface area contributed by atoms with E-state index in [4.69, 9.17) is 15.0 Å². The highest BCUT2D eigenvalue weighted by Crippen LogP contribution is 2.55. The van der Waals surface area contributed by atoms with Crippen LogP contribution >= 0.6 is 0 Å². The van der Waals surface area contributed by atoms with Gasteiger partial charge >= 0.3 is 0 Å². The summed E-state index contributed by atoms with van der Waals surface area (Å²) in [5, 5.41) is 4.76. The molecule has 1 unspecified atom stereocenters. The van der Waals surface area contributed by atoms with Crippen molar-refractivity contribution in [3.63, 3.8) is 0 Å². The van der Waals surface area contributed by atoms with Crippen LogP contribution in [0.1, 0.15) is 43.1 Å². The second-order valence-corrected chi connectivity index (χ2v) is 18.0. The van der Waals surface area contributed by atoms with Gasteiger partial charge in [0.15, 0.2) is 11.6 Å². The van der Waals surface area contributed by atoms with E-state index in [0.717, 1.165) is 73.9 Å². The van der Waals surface area contributed by atoms with E-state index in [2.05, 4.69) is 222 Å². The standard InChI is InChI=1S/C60H44N6/c1-60(2)46-29-13-19-35-52(46)66(53-36-20-14-30-47(53)60)56-54(64-48-31-15-9-25-42(48)43-26-10-16-32-49(43)64)37-41(38-55(56)65-50-33-17-11-27-44(50)45-28-12-18-34-51(45)65)59-62-57(39-21-5-3-6-22-39)61-58(63-59)40-23-7-4-8-24-40/h3-23,25-38,40H,24H2,1-2H3. The Morgan fingerprint density at radius 3 is 1.36 bits per heavy atom. The zero-order valence-electron chi connectivity index (χ0n) is 36.7. The molecule has 0 radical (unpaired) electrons. The second kappa shape index (κ2) is 14.9. The lowest BCUT2D eigenvalue weighted by Gasteiger charge is -2.43. The summed E-state index contributed by atoms with van der Waals surface area (Å²) < 4.78 is 4.95. The molecule has 8 aromatic carbocycles. The predicted molar refractivity (Wildman–Crippen MR) is 272 cm³/mol. The van der Waals surface area contributed by atoms with Crippen molar-refractivity contribution in [2.24, 2.45) is 0 Å². The van der Waals surface area contributed by atoms with E-state index >= 15 is 0 Å². The topological polar surface area (TPSA) is 51.8 Å². The molecule has 1 atom stereocenters. The van der Waals surface area contributed by atoms with Crippen LogP contribution in [-0.2, 0) is 5.41 Å². The van der Waals surface area contributed by atoms with Crippen LogP contribution in [0.3, 0.4) is 0 Å². The van der Waals surface area contributed by atoms with Gasteiger partial charge in [0.25, 0.3) is 0 Å². The van der Waals surface area contributed by atoms with E-state index in [9.17, 15) is 0 Å². The van der Waals surface area contributed by atoms with E-state index in [0.29, 0.717) is 11.6 Å². The number of hydrogen-bond donors (Lipinski definition) is 0. The van der Waals surface area contributed by atoms with E-state index < -0.39 is 0 Å². The molecular weight excluding hydrogens is 805 g/mol. The molecular formula is C60H44N6. The third-order valence-electron chi connectivity index (χ3n) is 13.8. The van der Waals surface area contributed by atoms with Gasteiger partial charge in [-0.2, -0.15) is 0 Å². The fraction of sp³-hybridized carbons (Fsp3) is 0.0833. The van der Waals surface area contributed by atoms with Crippen LogP contribution in [0.15, 0.2) is 212 Å². The Morgan fingerprint density at radius 2 is 0.879 bits per heavy atom. The van der Waals surface area contributed by atoms with Gasteiger partial charge in [-0.3, -0.25) is 0 Å². The third kappa shape index (κ3) is 5.77. The molecule has 314 valence electrons. The summed E-state index contributed by atoms with van der Waals surface area (Å²) in [6.45, 7) is 4.71. The van der Waals surface area contributed by atoms with Crippen LogP contribution in [0.25, 0.3) is 77.8 Å². The number of anilines is 3. The minimum absolute atomic E-state index is 0.0109. The quantitative estimate of drug-likeness (QED) is 0.167. The Morgan fingerprint density at radius 1 is 0.439 bits per heavy atom. The number of fused-ring (bicyclic) bond motifs is 8. The van der Waals surface area contributed by atoms with Crippen LogP contribution in [0.4, 0.5) is 17.1 Å². The third-order valence-corrected chi connectivity index (χ3v) is 13.8. The monoisotopic (exact) mass is 848 g/mol. The van der Waals surface area contributed by atoms with Crippen LogP contribution < -0.4 is 4.90 Å². The molecule has 66 heavy (non-hydrogen) atoms. The first-order valence-corrected chi connectivity index (χ1v) is 22.8. The Bertz CT molecular complexity index is 3500. The molecule has 1 aliphatic carbocycles. The molecule has 6 nitrogen and oxygen atoms in total. The average molecular weight is 849 g/mol. The molecule has 11 aromatic rings. The van der Waals surface area contributed by atoms with Crippen molar-refractivity contribution in [1.29, 1.82) is 0 Å². The number of aromatic nitrogens is 5. The van der Waals surface area contributed by atoms with Crippen LogP contribution in [0.2, 0.25) is 0 Å². The van der Waals surface area contributed by atoms with Crippen molar-refractivity contribution in [3.05, 3.63) is 229 Å². The number of benzene rings is 8. The van der Waals surface area contributed by atoms with Crippen molar-refractivity contribution in [2.75, 3.05) is 4.90 Å². The molecule has 3 aromatic heterocycles. The first-order chi connectivity index (χ1) is 32.5. The fourth-order valence-corrected chi connectivity index (χ4v) is 10.8. The number of rotatable bonds is 6. The lowest BCUT2D eigenvalue weighted by atomic mass is 9.73. The van der Waals surface area contributed by atoms with Gasteiger partial charge in [0.05, 0.1) is 50.5 Å². The Hall–Kier alpha value is -8.35. The number of hydrogen-bond acceptors (Lipinski definition) is 4. The van der Waals surface area contributed by atoms with Crippen molar-refractivity contribution in [3.8, 4) is 34.2 Å². The number of nitrogens with zero attached hydrogens (tertiary/aromatic N) is 6. The number of para-hydroxylation sites is 6. The molecule has 1 aliphatic heterocycles. The lowest BCUT2D eigenvalue weighted by Crippen LogP contribution is -2.31. The van der Waals surface area contributed by atoms with Gasteiger partial charge in [0.2, 0.25) is 0 Å². The van der Waals surface area contributed by atoms with Crippen molar-refractivity contribution >= 4 is 60.7 Å². The van der Waals surface area contributed by atoms with Crippen molar-refractivity contribution in [2.45, 2.75) is 31.6 Å². The SMILES string of the molecule is CC1(C)c2ccccc2N(c2c(-n3c4ccccc4c4ccccc43)cc(-c3nc(-c4ccccc4)nc(C4C=CC=CC4)n3)cc2-n2c3ccccc3c3ccccc32)c2ccccc21. The highest BCUT2D eigenvalue weighted by atomic mass is 15.2. The van der Waals surface area contributed by atoms with Crippen LogP contribution in [0.5, 0.6) is 0 Å². The van der Waals surface area contributed by atoms with Gasteiger partial charge < -0.3 is 14.0 Å². The predicted octanol–water partition coefficient (Wildman–Crippen LogP) is 15.1. The molecule has 2 aliphatic rings. The average Bonchev–Trinajstić information content (AvgIpc) is 3.90. The van der Waals surface area contributed by atoms with Crippen molar-refractivity contribution < 1.29 is 0 Å². The first-order valence-electron chi connectivity index (χ1n) is 22.8. The minimum atomic E-state index is -0.262. The molecule has 0 spiro atoms. The summed E-state index contributed by atoms with van der Waals surface area (Å²) in [6, 6.07) is 68.1. The molecule has 0 N–H and O–H groups in total. The number of allylic oxidation sites excluding steroid dienone is 4. The summed E-state index contributed by atoms with van der Waals surface area (Å²) in [4.78, 5) is 18.6. The maximum Gasteiger partial charge on any atom is 0.163 e. The molecule has 0 saturated heterocycles. The summed E-state index contributed by atoms with van der Waals surface area (Å²) in [6.07, 6.45) is 9.42. The second-order valence-electron chi connectivity index (χ2n) is 18.0. The van der Waals surface area contributed by atoms with Gasteiger partial charge in [-0.15, -0.1) is 0 Å². The smallest absolute Gasteiger partial charge is 0.163 e. The van der Waals surface area contributed by atoms with Gasteiger partial charge in [0.1, 0.15) is 5.82 Å². The minimum Gasteiger partial charge on any atom is -0.307 e. The highest BCUT2D eigenvalue weighted by Gasteiger charge is 2.39. The summed E-state index contributed by atoms with van der Waals surface area (Å²) >= 11 is 0. The zero-order valence-corrected chi connectivity index (χ0v) is 36.7. The van der Waals surface area contributed by atoms with E-state index in [1.165, 1.54) is 32.7 Å². The summed E-state index contributed by atoms with van der Waals surface area (Å²) in [5.74, 6) is 2.04. The fourth-order valence-electron chi connectivity index (χ4n) is 10.8. The van der Waals surface area contributed by atoms with Crippen LogP contribution in [0, 0.1) is 0 Å². The van der Waals surface area contributed by atoms with Gasteiger partial charge in [-0.25, -0.2) is 15.0 Å². The molecule has 0 fully saturated rings. The van der Waals surface area contributed by atoms with E-state index in [1.807, 2.05) is 18.2 Å². The van der Waals surface area contributed by atoms with E-state index in [-0.39, 0.29) is 11.3 Å². The van der Waals surface area contributed by atoms with E-state index in [1.54, 1.807) is 0 Å². The Kier molecular flexibility index (Phi) is 8.59. The molecule has 6 heteroatoms. The zero-order chi connectivity index (χ0) is 43.9. The summed E-state index contributed by atoms with van der Waals surface area (Å²) in [7, 11) is 0. The van der Waals surface area contributed by atoms with Gasteiger partial charge in [0, 0.05) is 44.0 Å². The molecule has 0 bridgehead atoms. The van der Waals surface area contributed by atoms with Gasteiger partial charge in [-0.05, 0) is 66.1 Å². The molecule has 0 saturated carbocycles. The molecule has 0 amide bonds. The molecule has 4 heterocycles. The lowest BCUT2D eigenvalue weighted by molar-refractivity contribution is 0.632. The molecule has 13 rings (SSSR count). The maximum atomic E-state index is 5.44. The normalized spacial score (nSPS) is 15.2. The Balaban J connectivity index is 1.24. The highest BCUT2D eigenvalue weighted by molar-refractivity contribution is 6.12. The maximum absolute atomic E-state index is 5.44. The first kappa shape index (κ1) is 38.1. The van der Waals surface area contributed by atoms with Crippen LogP contribution in [-0.4, -0.2) is 24.1 Å².